The highest BCUT2D eigenvalue weighted by atomic mass is 16.1. The number of rotatable bonds is 4. The number of carbonyl (C=O) groups is 1. The van der Waals surface area contributed by atoms with Crippen molar-refractivity contribution in [1.29, 1.82) is 0 Å². The molecule has 0 saturated carbocycles. The lowest BCUT2D eigenvalue weighted by Gasteiger charge is -2.20. The third kappa shape index (κ3) is 3.46. The summed E-state index contributed by atoms with van der Waals surface area (Å²) in [7, 11) is 0. The molecule has 0 aliphatic heterocycles. The van der Waals surface area contributed by atoms with E-state index in [0.717, 1.165) is 16.7 Å². The average molecular weight is 523 g/mol. The highest BCUT2D eigenvalue weighted by Gasteiger charge is 2.31. The maximum atomic E-state index is 12.6. The Bertz CT molecular complexity index is 2060. The SMILES string of the molecule is CC(=O)c1ccccc1-c1ccc2c3c(cccc13)-c1c-2c(-c2ccccc2)c2ccccc2c1-c1ccccc1. The second-order valence-corrected chi connectivity index (χ2v) is 10.8. The zero-order valence-corrected chi connectivity index (χ0v) is 22.7. The maximum absolute atomic E-state index is 12.6. The number of ketones is 1. The molecule has 8 rings (SSSR count). The summed E-state index contributed by atoms with van der Waals surface area (Å²) in [6.07, 6.45) is 0. The molecule has 1 heteroatoms. The second kappa shape index (κ2) is 9.15. The fourth-order valence-electron chi connectivity index (χ4n) is 6.87. The predicted molar refractivity (Wildman–Crippen MR) is 172 cm³/mol. The summed E-state index contributed by atoms with van der Waals surface area (Å²) in [5.74, 6) is 0.0797. The third-order valence-corrected chi connectivity index (χ3v) is 8.52. The van der Waals surface area contributed by atoms with Crippen LogP contribution in [0.5, 0.6) is 0 Å². The molecule has 1 aliphatic carbocycles. The summed E-state index contributed by atoms with van der Waals surface area (Å²) in [5.41, 5.74) is 12.9. The lowest BCUT2D eigenvalue weighted by Crippen LogP contribution is -1.96. The number of hydrogen-bond acceptors (Lipinski definition) is 1. The largest absolute Gasteiger partial charge is 0.294 e. The molecule has 0 radical (unpaired) electrons. The number of carbonyl (C=O) groups excluding carboxylic acids is 1. The minimum Gasteiger partial charge on any atom is -0.294 e. The van der Waals surface area contributed by atoms with Gasteiger partial charge in [-0.05, 0) is 84.1 Å². The van der Waals surface area contributed by atoms with Crippen LogP contribution >= 0.6 is 0 Å². The molecule has 0 saturated heterocycles. The Labute approximate surface area is 239 Å². The quantitative estimate of drug-likeness (QED) is 0.210. The monoisotopic (exact) mass is 522 g/mol. The number of hydrogen-bond donors (Lipinski definition) is 0. The molecule has 0 amide bonds. The molecule has 0 spiro atoms. The van der Waals surface area contributed by atoms with Gasteiger partial charge >= 0.3 is 0 Å². The van der Waals surface area contributed by atoms with Gasteiger partial charge in [-0.2, -0.15) is 0 Å². The van der Waals surface area contributed by atoms with E-state index in [9.17, 15) is 4.79 Å². The lowest BCUT2D eigenvalue weighted by molar-refractivity contribution is 0.101. The fourth-order valence-corrected chi connectivity index (χ4v) is 6.87. The summed E-state index contributed by atoms with van der Waals surface area (Å²) >= 11 is 0. The first-order valence-electron chi connectivity index (χ1n) is 14.1. The molecule has 0 N–H and O–H groups in total. The molecule has 7 aromatic rings. The van der Waals surface area contributed by atoms with Crippen LogP contribution in [0.25, 0.3) is 77.2 Å². The number of benzene rings is 7. The second-order valence-electron chi connectivity index (χ2n) is 10.8. The molecule has 0 fully saturated rings. The summed E-state index contributed by atoms with van der Waals surface area (Å²) in [5, 5.41) is 4.93. The first kappa shape index (κ1) is 23.6. The standard InChI is InChI=1S/C40H26O/c1-25(41)28-17-8-9-18-29(28)30-23-24-35-38-31(30)21-12-22-34(38)39-36(26-13-4-2-5-14-26)32-19-10-11-20-33(32)37(40(35)39)27-15-6-3-7-16-27/h2-24H,1H3. The van der Waals surface area contributed by atoms with E-state index in [1.807, 2.05) is 18.2 Å². The predicted octanol–water partition coefficient (Wildman–Crippen LogP) is 10.8. The van der Waals surface area contributed by atoms with Gasteiger partial charge in [0.2, 0.25) is 0 Å². The third-order valence-electron chi connectivity index (χ3n) is 8.52. The van der Waals surface area contributed by atoms with Crippen LogP contribution in [-0.2, 0) is 0 Å². The van der Waals surface area contributed by atoms with Crippen molar-refractivity contribution in [3.63, 3.8) is 0 Å². The van der Waals surface area contributed by atoms with Gasteiger partial charge in [0.25, 0.3) is 0 Å². The maximum Gasteiger partial charge on any atom is 0.160 e. The first-order chi connectivity index (χ1) is 20.2. The van der Waals surface area contributed by atoms with Crippen molar-refractivity contribution in [2.24, 2.45) is 0 Å². The van der Waals surface area contributed by atoms with Gasteiger partial charge < -0.3 is 0 Å². The van der Waals surface area contributed by atoms with E-state index in [1.54, 1.807) is 6.92 Å². The number of fused-ring (bicyclic) bond motifs is 4. The highest BCUT2D eigenvalue weighted by molar-refractivity contribution is 6.29. The van der Waals surface area contributed by atoms with E-state index in [2.05, 4.69) is 121 Å². The van der Waals surface area contributed by atoms with Gasteiger partial charge in [0.15, 0.2) is 5.78 Å². The van der Waals surface area contributed by atoms with Crippen LogP contribution in [0.1, 0.15) is 17.3 Å². The van der Waals surface area contributed by atoms with Crippen molar-refractivity contribution < 1.29 is 4.79 Å². The van der Waals surface area contributed by atoms with Crippen molar-refractivity contribution in [3.05, 3.63) is 145 Å². The fraction of sp³-hybridized carbons (Fsp3) is 0.0250. The van der Waals surface area contributed by atoms with Crippen LogP contribution < -0.4 is 0 Å². The molecule has 0 atom stereocenters. The molecule has 0 heterocycles. The van der Waals surface area contributed by atoms with Gasteiger partial charge in [-0.3, -0.25) is 4.79 Å². The summed E-state index contributed by atoms with van der Waals surface area (Å²) in [4.78, 5) is 12.6. The normalized spacial score (nSPS) is 11.6. The zero-order chi connectivity index (χ0) is 27.5. The molecule has 41 heavy (non-hydrogen) atoms. The Morgan fingerprint density at radius 3 is 1.46 bits per heavy atom. The van der Waals surface area contributed by atoms with Gasteiger partial charge in [0, 0.05) is 5.56 Å². The Hall–Kier alpha value is -5.27. The van der Waals surface area contributed by atoms with E-state index in [-0.39, 0.29) is 5.78 Å². The van der Waals surface area contributed by atoms with Gasteiger partial charge in [0.05, 0.1) is 0 Å². The summed E-state index contributed by atoms with van der Waals surface area (Å²) < 4.78 is 0. The summed E-state index contributed by atoms with van der Waals surface area (Å²) in [6.45, 7) is 1.65. The van der Waals surface area contributed by atoms with Crippen LogP contribution in [0.4, 0.5) is 0 Å². The van der Waals surface area contributed by atoms with Crippen LogP contribution in [0.3, 0.4) is 0 Å². The smallest absolute Gasteiger partial charge is 0.160 e. The summed E-state index contributed by atoms with van der Waals surface area (Å²) in [6, 6.07) is 49.5. The Balaban J connectivity index is 1.57. The first-order valence-corrected chi connectivity index (χ1v) is 14.1. The highest BCUT2D eigenvalue weighted by Crippen LogP contribution is 2.58. The molecular formula is C40H26O. The Morgan fingerprint density at radius 2 is 0.854 bits per heavy atom. The molecular weight excluding hydrogens is 496 g/mol. The molecule has 0 unspecified atom stereocenters. The van der Waals surface area contributed by atoms with E-state index in [1.165, 1.54) is 66.1 Å². The molecule has 1 aliphatic rings. The van der Waals surface area contributed by atoms with Gasteiger partial charge in [0.1, 0.15) is 0 Å². The van der Waals surface area contributed by atoms with E-state index in [4.69, 9.17) is 0 Å². The molecule has 0 aromatic heterocycles. The molecule has 7 aromatic carbocycles. The lowest BCUT2D eigenvalue weighted by atomic mass is 9.82. The van der Waals surface area contributed by atoms with Gasteiger partial charge in [-0.25, -0.2) is 0 Å². The van der Waals surface area contributed by atoms with E-state index < -0.39 is 0 Å². The average Bonchev–Trinajstić information content (AvgIpc) is 3.36. The van der Waals surface area contributed by atoms with Crippen molar-refractivity contribution in [2.45, 2.75) is 6.92 Å². The van der Waals surface area contributed by atoms with Crippen molar-refractivity contribution >= 4 is 27.3 Å². The van der Waals surface area contributed by atoms with Crippen LogP contribution in [0.15, 0.2) is 140 Å². The van der Waals surface area contributed by atoms with Crippen molar-refractivity contribution in [1.82, 2.24) is 0 Å². The molecule has 192 valence electrons. The minimum absolute atomic E-state index is 0.0797. The molecule has 0 bridgehead atoms. The Kier molecular flexibility index (Phi) is 5.27. The molecule has 1 nitrogen and oxygen atoms in total. The van der Waals surface area contributed by atoms with Crippen molar-refractivity contribution in [3.8, 4) is 55.6 Å². The van der Waals surface area contributed by atoms with Gasteiger partial charge in [-0.1, -0.05) is 140 Å². The van der Waals surface area contributed by atoms with E-state index in [0.29, 0.717) is 0 Å². The Morgan fingerprint density at radius 1 is 0.390 bits per heavy atom. The van der Waals surface area contributed by atoms with Gasteiger partial charge in [-0.15, -0.1) is 0 Å². The number of Topliss-reactive ketones (excluding diaryl/α,β-unsaturated/α-hetero) is 1. The van der Waals surface area contributed by atoms with Crippen LogP contribution in [0, 0.1) is 0 Å². The van der Waals surface area contributed by atoms with E-state index >= 15 is 0 Å². The topological polar surface area (TPSA) is 17.1 Å². The zero-order valence-electron chi connectivity index (χ0n) is 22.7. The van der Waals surface area contributed by atoms with Crippen LogP contribution in [0.2, 0.25) is 0 Å². The van der Waals surface area contributed by atoms with Crippen LogP contribution in [-0.4, -0.2) is 5.78 Å². The minimum atomic E-state index is 0.0797. The van der Waals surface area contributed by atoms with Crippen molar-refractivity contribution in [2.75, 3.05) is 0 Å².